The van der Waals surface area contributed by atoms with Crippen molar-refractivity contribution in [3.05, 3.63) is 40.4 Å². The first kappa shape index (κ1) is 15.1. The first-order valence-corrected chi connectivity index (χ1v) is 7.37. The van der Waals surface area contributed by atoms with Gasteiger partial charge in [0.05, 0.1) is 14.8 Å². The maximum atomic E-state index is 13.2. The molecule has 0 atom stereocenters. The molecule has 0 aliphatic carbocycles. The summed E-state index contributed by atoms with van der Waals surface area (Å²) in [6.07, 6.45) is 0. The van der Waals surface area contributed by atoms with Crippen molar-refractivity contribution in [3.8, 4) is 0 Å². The van der Waals surface area contributed by atoms with Gasteiger partial charge in [-0.05, 0) is 18.2 Å². The Hall–Kier alpha value is -1.31. The van der Waals surface area contributed by atoms with Crippen LogP contribution in [0.4, 0.5) is 13.8 Å². The molecule has 0 aliphatic heterocycles. The minimum absolute atomic E-state index is 0.105. The molecule has 1 aromatic heterocycles. The normalized spacial score (nSPS) is 10.6. The van der Waals surface area contributed by atoms with Crippen LogP contribution < -0.4 is 11.1 Å². The largest absolute Gasteiger partial charge is 0.379 e. The third kappa shape index (κ3) is 3.05. The second kappa shape index (κ2) is 5.99. The molecule has 2 aromatic rings. The van der Waals surface area contributed by atoms with Crippen molar-refractivity contribution in [2.45, 2.75) is 9.10 Å². The minimum atomic E-state index is -1.00. The molecule has 0 fully saturated rings. The standard InChI is InChI=1S/C12H9ClF2N2OS2/c1-17-12-5(11(16)18)2-10(20-12)19-9-4-8(15)7(14)3-6(9)13/h2-4,17H,1H3,(H2,16,18). The molecule has 3 nitrogen and oxygen atoms in total. The van der Waals surface area contributed by atoms with Crippen LogP contribution in [0, 0.1) is 11.6 Å². The van der Waals surface area contributed by atoms with Crippen molar-refractivity contribution in [1.29, 1.82) is 0 Å². The van der Waals surface area contributed by atoms with Crippen molar-refractivity contribution in [1.82, 2.24) is 0 Å². The number of carbonyl (C=O) groups excluding carboxylic acids is 1. The van der Waals surface area contributed by atoms with Crippen LogP contribution in [0.15, 0.2) is 27.3 Å². The number of thiophene rings is 1. The molecule has 0 radical (unpaired) electrons. The topological polar surface area (TPSA) is 55.1 Å². The average Bonchev–Trinajstić information content (AvgIpc) is 2.79. The van der Waals surface area contributed by atoms with E-state index in [2.05, 4.69) is 5.32 Å². The summed E-state index contributed by atoms with van der Waals surface area (Å²) in [4.78, 5) is 11.6. The number of halogens is 3. The fourth-order valence-corrected chi connectivity index (χ4v) is 3.89. The molecular weight excluding hydrogens is 326 g/mol. The molecule has 0 spiro atoms. The molecular formula is C12H9ClF2N2OS2. The summed E-state index contributed by atoms with van der Waals surface area (Å²) in [6, 6.07) is 3.52. The van der Waals surface area contributed by atoms with Crippen LogP contribution in [-0.2, 0) is 0 Å². The predicted octanol–water partition coefficient (Wildman–Crippen LogP) is 3.97. The second-order valence-corrected chi connectivity index (χ2v) is 6.52. The second-order valence-electron chi connectivity index (χ2n) is 3.72. The van der Waals surface area contributed by atoms with Gasteiger partial charge in [-0.15, -0.1) is 11.3 Å². The average molecular weight is 335 g/mol. The van der Waals surface area contributed by atoms with Gasteiger partial charge >= 0.3 is 0 Å². The lowest BCUT2D eigenvalue weighted by atomic mass is 10.3. The van der Waals surface area contributed by atoms with Crippen LogP contribution in [0.3, 0.4) is 0 Å². The molecule has 20 heavy (non-hydrogen) atoms. The highest BCUT2D eigenvalue weighted by Gasteiger charge is 2.15. The van der Waals surface area contributed by atoms with Crippen LogP contribution in [-0.4, -0.2) is 13.0 Å². The zero-order valence-corrected chi connectivity index (χ0v) is 12.6. The summed E-state index contributed by atoms with van der Waals surface area (Å²) in [5.74, 6) is -2.54. The van der Waals surface area contributed by atoms with Gasteiger partial charge in [-0.2, -0.15) is 0 Å². The number of anilines is 1. The Morgan fingerprint density at radius 3 is 2.55 bits per heavy atom. The lowest BCUT2D eigenvalue weighted by Crippen LogP contribution is -2.11. The van der Waals surface area contributed by atoms with Crippen molar-refractivity contribution >= 4 is 45.6 Å². The summed E-state index contributed by atoms with van der Waals surface area (Å²) < 4.78 is 26.9. The van der Waals surface area contributed by atoms with Crippen molar-refractivity contribution in [2.24, 2.45) is 5.73 Å². The monoisotopic (exact) mass is 334 g/mol. The van der Waals surface area contributed by atoms with Crippen molar-refractivity contribution in [2.75, 3.05) is 12.4 Å². The summed E-state index contributed by atoms with van der Waals surface area (Å²) >= 11 is 8.28. The summed E-state index contributed by atoms with van der Waals surface area (Å²) in [5, 5.41) is 3.57. The summed E-state index contributed by atoms with van der Waals surface area (Å²) in [5.41, 5.74) is 5.60. The Morgan fingerprint density at radius 1 is 1.35 bits per heavy atom. The van der Waals surface area contributed by atoms with E-state index in [0.717, 1.165) is 23.9 Å². The van der Waals surface area contributed by atoms with Crippen LogP contribution in [0.25, 0.3) is 0 Å². The Bertz CT molecular complexity index is 676. The Labute approximate surface area is 127 Å². The smallest absolute Gasteiger partial charge is 0.251 e. The highest BCUT2D eigenvalue weighted by atomic mass is 35.5. The number of hydrogen-bond acceptors (Lipinski definition) is 4. The molecule has 1 aromatic carbocycles. The van der Waals surface area contributed by atoms with Gasteiger partial charge in [-0.3, -0.25) is 4.79 Å². The van der Waals surface area contributed by atoms with E-state index in [1.165, 1.54) is 11.3 Å². The molecule has 8 heteroatoms. The first-order valence-electron chi connectivity index (χ1n) is 5.36. The van der Waals surface area contributed by atoms with E-state index in [4.69, 9.17) is 17.3 Å². The number of carbonyl (C=O) groups is 1. The van der Waals surface area contributed by atoms with Crippen LogP contribution in [0.1, 0.15) is 10.4 Å². The van der Waals surface area contributed by atoms with E-state index in [0.29, 0.717) is 19.7 Å². The predicted molar refractivity (Wildman–Crippen MR) is 77.9 cm³/mol. The number of primary amides is 1. The van der Waals surface area contributed by atoms with Gasteiger partial charge in [0.1, 0.15) is 5.00 Å². The zero-order chi connectivity index (χ0) is 14.9. The molecule has 1 amide bonds. The van der Waals surface area contributed by atoms with E-state index in [1.54, 1.807) is 13.1 Å². The van der Waals surface area contributed by atoms with Crippen LogP contribution in [0.2, 0.25) is 5.02 Å². The molecule has 0 unspecified atom stereocenters. The van der Waals surface area contributed by atoms with Gasteiger partial charge in [0, 0.05) is 11.9 Å². The van der Waals surface area contributed by atoms with E-state index < -0.39 is 17.5 Å². The molecule has 3 N–H and O–H groups in total. The first-order chi connectivity index (χ1) is 9.42. The maximum Gasteiger partial charge on any atom is 0.251 e. The van der Waals surface area contributed by atoms with E-state index in [9.17, 15) is 13.6 Å². The zero-order valence-electron chi connectivity index (χ0n) is 10.2. The third-order valence-corrected chi connectivity index (χ3v) is 5.14. The molecule has 0 bridgehead atoms. The van der Waals surface area contributed by atoms with E-state index in [-0.39, 0.29) is 5.02 Å². The lowest BCUT2D eigenvalue weighted by molar-refractivity contribution is 0.100. The SMILES string of the molecule is CNc1sc(Sc2cc(F)c(F)cc2Cl)cc1C(N)=O. The molecule has 0 saturated heterocycles. The quantitative estimate of drug-likeness (QED) is 0.832. The fraction of sp³-hybridized carbons (Fsp3) is 0.0833. The van der Waals surface area contributed by atoms with E-state index >= 15 is 0 Å². The minimum Gasteiger partial charge on any atom is -0.379 e. The summed E-state index contributed by atoms with van der Waals surface area (Å²) in [7, 11) is 1.66. The summed E-state index contributed by atoms with van der Waals surface area (Å²) in [6.45, 7) is 0. The number of amides is 1. The third-order valence-electron chi connectivity index (χ3n) is 2.39. The highest BCUT2D eigenvalue weighted by Crippen LogP contribution is 2.41. The number of rotatable bonds is 4. The number of nitrogens with one attached hydrogen (secondary N) is 1. The lowest BCUT2D eigenvalue weighted by Gasteiger charge is -2.02. The van der Waals surface area contributed by atoms with Crippen molar-refractivity contribution < 1.29 is 13.6 Å². The number of hydrogen-bond donors (Lipinski definition) is 2. The Morgan fingerprint density at radius 2 is 2.00 bits per heavy atom. The molecule has 106 valence electrons. The molecule has 2 rings (SSSR count). The van der Waals surface area contributed by atoms with Gasteiger partial charge in [0.2, 0.25) is 0 Å². The van der Waals surface area contributed by atoms with Crippen molar-refractivity contribution in [3.63, 3.8) is 0 Å². The number of benzene rings is 1. The Kier molecular flexibility index (Phi) is 4.52. The Balaban J connectivity index is 2.35. The molecule has 0 saturated carbocycles. The molecule has 0 aliphatic rings. The number of nitrogens with two attached hydrogens (primary N) is 1. The van der Waals surface area contributed by atoms with E-state index in [1.807, 2.05) is 0 Å². The van der Waals surface area contributed by atoms with Gasteiger partial charge in [-0.25, -0.2) is 8.78 Å². The van der Waals surface area contributed by atoms with Gasteiger partial charge in [0.25, 0.3) is 5.91 Å². The highest BCUT2D eigenvalue weighted by molar-refractivity contribution is 8.01. The van der Waals surface area contributed by atoms with Gasteiger partial charge in [-0.1, -0.05) is 23.4 Å². The maximum absolute atomic E-state index is 13.2. The van der Waals surface area contributed by atoms with Crippen LogP contribution in [0.5, 0.6) is 0 Å². The fourth-order valence-electron chi connectivity index (χ4n) is 1.48. The molecule has 1 heterocycles. The van der Waals surface area contributed by atoms with Gasteiger partial charge in [0.15, 0.2) is 11.6 Å². The van der Waals surface area contributed by atoms with Crippen LogP contribution >= 0.6 is 34.7 Å². The van der Waals surface area contributed by atoms with Gasteiger partial charge < -0.3 is 11.1 Å².